The van der Waals surface area contributed by atoms with E-state index in [4.69, 9.17) is 4.98 Å². The van der Waals surface area contributed by atoms with Crippen LogP contribution in [0.3, 0.4) is 0 Å². The third-order valence-electron chi connectivity index (χ3n) is 7.32. The number of piperidine rings is 1. The summed E-state index contributed by atoms with van der Waals surface area (Å²) in [6, 6.07) is 9.74. The van der Waals surface area contributed by atoms with Gasteiger partial charge in [-0.25, -0.2) is 9.78 Å². The van der Waals surface area contributed by atoms with E-state index in [9.17, 15) is 14.7 Å². The van der Waals surface area contributed by atoms with Gasteiger partial charge in [-0.3, -0.25) is 19.8 Å². The largest absolute Gasteiger partial charge is 0.381 e. The number of H-pyrrole nitrogens is 1. The molecule has 0 saturated carbocycles. The number of rotatable bonds is 3. The van der Waals surface area contributed by atoms with Crippen LogP contribution < -0.4 is 4.90 Å². The summed E-state index contributed by atoms with van der Waals surface area (Å²) in [6.07, 6.45) is 4.84. The lowest BCUT2D eigenvalue weighted by molar-refractivity contribution is -0.148. The number of likely N-dealkylation sites (tertiary alicyclic amines) is 1. The zero-order chi connectivity index (χ0) is 25.9. The Morgan fingerprint density at radius 3 is 2.68 bits per heavy atom. The van der Waals surface area contributed by atoms with Gasteiger partial charge < -0.3 is 14.9 Å². The Morgan fingerprint density at radius 1 is 1.14 bits per heavy atom. The van der Waals surface area contributed by atoms with E-state index in [2.05, 4.69) is 15.2 Å². The van der Waals surface area contributed by atoms with Gasteiger partial charge in [-0.1, -0.05) is 6.07 Å². The molecule has 37 heavy (non-hydrogen) atoms. The maximum atomic E-state index is 13.6. The zero-order valence-corrected chi connectivity index (χ0v) is 21.1. The molecular formula is C27H29N7O3. The van der Waals surface area contributed by atoms with E-state index in [1.165, 1.54) is 13.8 Å². The summed E-state index contributed by atoms with van der Waals surface area (Å²) in [6.45, 7) is 4.42. The van der Waals surface area contributed by atoms with Crippen molar-refractivity contribution < 1.29 is 14.7 Å². The van der Waals surface area contributed by atoms with Crippen LogP contribution in [0.15, 0.2) is 42.7 Å². The summed E-state index contributed by atoms with van der Waals surface area (Å²) in [7, 11) is 1.79. The molecule has 3 aromatic heterocycles. The molecule has 1 saturated heterocycles. The molecule has 3 amide bonds. The van der Waals surface area contributed by atoms with Crippen LogP contribution in [-0.2, 0) is 11.3 Å². The Kier molecular flexibility index (Phi) is 5.38. The average molecular weight is 500 g/mol. The van der Waals surface area contributed by atoms with Gasteiger partial charge in [0.25, 0.3) is 5.91 Å². The number of aliphatic hydroxyl groups is 1. The van der Waals surface area contributed by atoms with Gasteiger partial charge in [-0.15, -0.1) is 0 Å². The highest BCUT2D eigenvalue weighted by atomic mass is 16.3. The van der Waals surface area contributed by atoms with E-state index in [0.717, 1.165) is 38.9 Å². The Morgan fingerprint density at radius 2 is 1.92 bits per heavy atom. The van der Waals surface area contributed by atoms with Crippen molar-refractivity contribution in [1.82, 2.24) is 30.0 Å². The Hall–Kier alpha value is -4.05. The highest BCUT2D eigenvalue weighted by Crippen LogP contribution is 2.38. The Balaban J connectivity index is 1.40. The molecule has 0 spiro atoms. The lowest BCUT2D eigenvalue weighted by Gasteiger charge is -2.43. The summed E-state index contributed by atoms with van der Waals surface area (Å²) in [5, 5.41) is 18.2. The normalized spacial score (nSPS) is 17.1. The summed E-state index contributed by atoms with van der Waals surface area (Å²) in [5.74, 6) is -0.288. The van der Waals surface area contributed by atoms with Gasteiger partial charge >= 0.3 is 6.03 Å². The summed E-state index contributed by atoms with van der Waals surface area (Å²) >= 11 is 0. The van der Waals surface area contributed by atoms with Crippen molar-refractivity contribution >= 4 is 39.6 Å². The number of aromatic nitrogens is 4. The van der Waals surface area contributed by atoms with Crippen LogP contribution >= 0.6 is 0 Å². The summed E-state index contributed by atoms with van der Waals surface area (Å²) < 4.78 is 0. The van der Waals surface area contributed by atoms with E-state index in [-0.39, 0.29) is 18.0 Å². The van der Waals surface area contributed by atoms with Crippen molar-refractivity contribution in [2.75, 3.05) is 25.0 Å². The Bertz CT molecular complexity index is 1530. The number of amides is 3. The number of carbonyl (C=O) groups is 2. The maximum absolute atomic E-state index is 13.6. The van der Waals surface area contributed by atoms with Crippen molar-refractivity contribution in [1.29, 1.82) is 0 Å². The molecule has 1 aromatic carbocycles. The number of pyridine rings is 2. The number of nitrogens with zero attached hydrogens (tertiary/aromatic N) is 6. The van der Waals surface area contributed by atoms with Gasteiger partial charge in [-0.05, 0) is 51.0 Å². The molecule has 5 heterocycles. The van der Waals surface area contributed by atoms with Crippen LogP contribution in [-0.4, -0.2) is 78.8 Å². The molecule has 1 fully saturated rings. The number of fused-ring (bicyclic) bond motifs is 4. The minimum atomic E-state index is -1.41. The lowest BCUT2D eigenvalue weighted by atomic mass is 9.98. The SMILES string of the molecule is CN1Cc2cnc3ccc(-c4ccc5[nH]ncc5c4)nc3c2N(C2CCN(C(=O)C(C)(C)O)CC2)C1=O. The topological polar surface area (TPSA) is 119 Å². The first-order chi connectivity index (χ1) is 17.7. The van der Waals surface area contributed by atoms with E-state index in [1.807, 2.05) is 41.4 Å². The molecule has 0 aliphatic carbocycles. The Labute approximate surface area is 213 Å². The highest BCUT2D eigenvalue weighted by Gasteiger charge is 2.39. The summed E-state index contributed by atoms with van der Waals surface area (Å²) in [4.78, 5) is 41.0. The number of nitrogens with one attached hydrogen (secondary N) is 1. The molecule has 6 rings (SSSR count). The molecule has 0 atom stereocenters. The molecule has 10 heteroatoms. The minimum Gasteiger partial charge on any atom is -0.381 e. The molecule has 2 N–H and O–H groups in total. The fraction of sp³-hybridized carbons (Fsp3) is 0.370. The average Bonchev–Trinajstić information content (AvgIpc) is 3.36. The monoisotopic (exact) mass is 499 g/mol. The van der Waals surface area contributed by atoms with Crippen LogP contribution in [0.4, 0.5) is 10.5 Å². The molecule has 10 nitrogen and oxygen atoms in total. The highest BCUT2D eigenvalue weighted by molar-refractivity contribution is 6.04. The van der Waals surface area contributed by atoms with Crippen LogP contribution in [0.5, 0.6) is 0 Å². The molecular weight excluding hydrogens is 470 g/mol. The molecule has 0 bridgehead atoms. The predicted octanol–water partition coefficient (Wildman–Crippen LogP) is 3.31. The first kappa shape index (κ1) is 23.4. The van der Waals surface area contributed by atoms with Crippen molar-refractivity contribution in [2.45, 2.75) is 44.9 Å². The minimum absolute atomic E-state index is 0.0840. The van der Waals surface area contributed by atoms with Gasteiger partial charge in [0.15, 0.2) is 0 Å². The molecule has 0 radical (unpaired) electrons. The molecule has 0 unspecified atom stereocenters. The number of hydrogen-bond donors (Lipinski definition) is 2. The van der Waals surface area contributed by atoms with E-state index in [0.29, 0.717) is 38.0 Å². The van der Waals surface area contributed by atoms with Gasteiger partial charge in [0.1, 0.15) is 11.1 Å². The number of benzene rings is 1. The van der Waals surface area contributed by atoms with E-state index >= 15 is 0 Å². The maximum Gasteiger partial charge on any atom is 0.324 e. The van der Waals surface area contributed by atoms with Crippen LogP contribution in [0.25, 0.3) is 33.2 Å². The second-order valence-corrected chi connectivity index (χ2v) is 10.5. The number of aromatic amines is 1. The second-order valence-electron chi connectivity index (χ2n) is 10.5. The molecule has 2 aliphatic rings. The van der Waals surface area contributed by atoms with Crippen LogP contribution in [0.2, 0.25) is 0 Å². The number of anilines is 1. The molecule has 190 valence electrons. The van der Waals surface area contributed by atoms with Crippen LogP contribution in [0.1, 0.15) is 32.3 Å². The molecule has 4 aromatic rings. The quantitative estimate of drug-likeness (QED) is 0.447. The van der Waals surface area contributed by atoms with Gasteiger partial charge in [-0.2, -0.15) is 5.10 Å². The smallest absolute Gasteiger partial charge is 0.324 e. The number of carbonyl (C=O) groups excluding carboxylic acids is 2. The van der Waals surface area contributed by atoms with Gasteiger partial charge in [0.2, 0.25) is 0 Å². The fourth-order valence-corrected chi connectivity index (χ4v) is 5.39. The fourth-order valence-electron chi connectivity index (χ4n) is 5.39. The van der Waals surface area contributed by atoms with Gasteiger partial charge in [0.05, 0.1) is 35.2 Å². The van der Waals surface area contributed by atoms with Crippen molar-refractivity contribution in [3.63, 3.8) is 0 Å². The zero-order valence-electron chi connectivity index (χ0n) is 21.1. The van der Waals surface area contributed by atoms with Crippen molar-refractivity contribution in [3.05, 3.63) is 48.3 Å². The number of hydrogen-bond acceptors (Lipinski definition) is 6. The van der Waals surface area contributed by atoms with E-state index in [1.54, 1.807) is 23.0 Å². The molecule has 2 aliphatic heterocycles. The van der Waals surface area contributed by atoms with Crippen molar-refractivity contribution in [2.24, 2.45) is 0 Å². The first-order valence-electron chi connectivity index (χ1n) is 12.5. The van der Waals surface area contributed by atoms with Gasteiger partial charge in [0, 0.05) is 48.9 Å². The van der Waals surface area contributed by atoms with Crippen LogP contribution in [0, 0.1) is 0 Å². The first-order valence-corrected chi connectivity index (χ1v) is 12.5. The second kappa shape index (κ2) is 8.52. The number of urea groups is 1. The van der Waals surface area contributed by atoms with Crippen molar-refractivity contribution in [3.8, 4) is 11.3 Å². The standard InChI is InChI=1S/C27H29N7O3/c1-27(2,37)25(35)33-10-8-19(9-11-33)34-24-18(15-32(3)26(34)36)13-28-22-7-6-20(30-23(22)24)16-4-5-21-17(12-16)14-29-31-21/h4-7,12-14,19,37H,8-11,15H2,1-3H3,(H,29,31). The third-order valence-corrected chi connectivity index (χ3v) is 7.32. The third kappa shape index (κ3) is 3.97. The predicted molar refractivity (Wildman–Crippen MR) is 140 cm³/mol. The summed E-state index contributed by atoms with van der Waals surface area (Å²) in [5.41, 5.74) is 4.45. The van der Waals surface area contributed by atoms with E-state index < -0.39 is 5.60 Å². The lowest BCUT2D eigenvalue weighted by Crippen LogP contribution is -2.56.